The molecule has 12 heavy (non-hydrogen) atoms. The van der Waals surface area contributed by atoms with Gasteiger partial charge in [0.05, 0.1) is 0 Å². The van der Waals surface area contributed by atoms with Gasteiger partial charge in [0.1, 0.15) is 7.28 Å². The van der Waals surface area contributed by atoms with E-state index in [9.17, 15) is 0 Å². The highest BCUT2D eigenvalue weighted by Gasteiger charge is 2.29. The van der Waals surface area contributed by atoms with Gasteiger partial charge in [-0.3, -0.25) is 0 Å². The maximum absolute atomic E-state index is 2.39. The molecule has 0 rings (SSSR count). The SMILES string of the molecule is CBC(C(C)C(C)C)C(C)(C)C. The highest BCUT2D eigenvalue weighted by Crippen LogP contribution is 2.39. The van der Waals surface area contributed by atoms with Gasteiger partial charge >= 0.3 is 0 Å². The average molecular weight is 168 g/mol. The lowest BCUT2D eigenvalue weighted by atomic mass is 9.50. The fraction of sp³-hybridized carbons (Fsp3) is 1.00. The summed E-state index contributed by atoms with van der Waals surface area (Å²) in [6, 6.07) is 0. The van der Waals surface area contributed by atoms with E-state index < -0.39 is 0 Å². The Hall–Kier alpha value is 0.0649. The van der Waals surface area contributed by atoms with Gasteiger partial charge in [-0.15, -0.1) is 0 Å². The summed E-state index contributed by atoms with van der Waals surface area (Å²) < 4.78 is 0. The molecule has 0 radical (unpaired) electrons. The van der Waals surface area contributed by atoms with Crippen molar-refractivity contribution in [2.75, 3.05) is 0 Å². The summed E-state index contributed by atoms with van der Waals surface area (Å²) in [4.78, 5) is 0. The molecule has 0 fully saturated rings. The molecule has 0 heterocycles. The van der Waals surface area contributed by atoms with E-state index in [0.717, 1.165) is 17.7 Å². The molecule has 0 saturated carbocycles. The van der Waals surface area contributed by atoms with Crippen LogP contribution in [-0.4, -0.2) is 7.28 Å². The Kier molecular flexibility index (Phi) is 4.37. The van der Waals surface area contributed by atoms with E-state index in [-0.39, 0.29) is 0 Å². The third-order valence-corrected chi connectivity index (χ3v) is 3.24. The third-order valence-electron chi connectivity index (χ3n) is 3.24. The highest BCUT2D eigenvalue weighted by molar-refractivity contribution is 6.36. The van der Waals surface area contributed by atoms with Gasteiger partial charge in [-0.2, -0.15) is 0 Å². The first kappa shape index (κ1) is 12.1. The Labute approximate surface area is 79.4 Å². The standard InChI is InChI=1S/C11H25B/c1-8(2)9(3)10(12-7)11(4,5)6/h8-10,12H,1-7H3. The molecule has 0 aromatic heterocycles. The van der Waals surface area contributed by atoms with Crippen LogP contribution in [0.3, 0.4) is 0 Å². The lowest BCUT2D eigenvalue weighted by Gasteiger charge is -2.36. The summed E-state index contributed by atoms with van der Waals surface area (Å²) >= 11 is 0. The molecule has 0 spiro atoms. The second-order valence-electron chi connectivity index (χ2n) is 5.48. The molecule has 0 amide bonds. The van der Waals surface area contributed by atoms with Gasteiger partial charge in [-0.25, -0.2) is 0 Å². The van der Waals surface area contributed by atoms with Crippen molar-refractivity contribution < 1.29 is 0 Å². The van der Waals surface area contributed by atoms with Gasteiger partial charge in [-0.05, 0) is 17.3 Å². The van der Waals surface area contributed by atoms with Crippen LogP contribution < -0.4 is 0 Å². The van der Waals surface area contributed by atoms with Crippen LogP contribution in [0.25, 0.3) is 0 Å². The molecule has 0 nitrogen and oxygen atoms in total. The van der Waals surface area contributed by atoms with Gasteiger partial charge in [0.15, 0.2) is 0 Å². The molecule has 0 aromatic carbocycles. The molecule has 0 N–H and O–H groups in total. The van der Waals surface area contributed by atoms with Crippen molar-refractivity contribution in [1.82, 2.24) is 0 Å². The Morgan fingerprint density at radius 3 is 1.50 bits per heavy atom. The minimum absolute atomic E-state index is 0.471. The predicted molar refractivity (Wildman–Crippen MR) is 60.2 cm³/mol. The lowest BCUT2D eigenvalue weighted by molar-refractivity contribution is 0.258. The molecule has 1 heteroatoms. The van der Waals surface area contributed by atoms with Gasteiger partial charge in [0.25, 0.3) is 0 Å². The molecule has 0 saturated heterocycles. The first-order chi connectivity index (χ1) is 5.30. The summed E-state index contributed by atoms with van der Waals surface area (Å²) in [5.74, 6) is 2.52. The second kappa shape index (κ2) is 4.34. The molecule has 0 aliphatic heterocycles. The van der Waals surface area contributed by atoms with Gasteiger partial charge in [-0.1, -0.05) is 54.2 Å². The maximum atomic E-state index is 2.39. The predicted octanol–water partition coefficient (Wildman–Crippen LogP) is 3.60. The fourth-order valence-corrected chi connectivity index (χ4v) is 2.24. The molecule has 0 aliphatic rings. The van der Waals surface area contributed by atoms with Crippen LogP contribution in [-0.2, 0) is 0 Å². The average Bonchev–Trinajstić information content (AvgIpc) is 1.85. The van der Waals surface area contributed by atoms with Crippen molar-refractivity contribution in [2.45, 2.75) is 54.2 Å². The van der Waals surface area contributed by atoms with Gasteiger partial charge in [0.2, 0.25) is 0 Å². The Morgan fingerprint density at radius 1 is 1.00 bits per heavy atom. The van der Waals surface area contributed by atoms with E-state index in [1.165, 1.54) is 7.28 Å². The first-order valence-corrected chi connectivity index (χ1v) is 5.30. The van der Waals surface area contributed by atoms with E-state index in [1.807, 2.05) is 0 Å². The smallest absolute Gasteiger partial charge is 0.0891 e. The van der Waals surface area contributed by atoms with E-state index in [1.54, 1.807) is 0 Å². The summed E-state index contributed by atoms with van der Waals surface area (Å²) in [6.07, 6.45) is 0. The molecule has 2 unspecified atom stereocenters. The van der Waals surface area contributed by atoms with Crippen molar-refractivity contribution in [2.24, 2.45) is 17.3 Å². The summed E-state index contributed by atoms with van der Waals surface area (Å²) in [5.41, 5.74) is 0.471. The topological polar surface area (TPSA) is 0 Å². The number of rotatable bonds is 3. The second-order valence-corrected chi connectivity index (χ2v) is 5.48. The number of hydrogen-bond acceptors (Lipinski definition) is 0. The normalized spacial score (nSPS) is 17.7. The number of hydrogen-bond donors (Lipinski definition) is 0. The summed E-state index contributed by atoms with van der Waals surface area (Å²) in [5, 5.41) is 0. The van der Waals surface area contributed by atoms with E-state index >= 15 is 0 Å². The van der Waals surface area contributed by atoms with E-state index in [4.69, 9.17) is 0 Å². The van der Waals surface area contributed by atoms with Crippen molar-refractivity contribution in [3.05, 3.63) is 0 Å². The van der Waals surface area contributed by atoms with Crippen molar-refractivity contribution in [3.8, 4) is 0 Å². The molecule has 0 bridgehead atoms. The quantitative estimate of drug-likeness (QED) is 0.565. The van der Waals surface area contributed by atoms with Crippen LogP contribution in [0.5, 0.6) is 0 Å². The monoisotopic (exact) mass is 168 g/mol. The maximum Gasteiger partial charge on any atom is 0.122 e. The molecular formula is C11H25B. The largest absolute Gasteiger partial charge is 0.122 e. The van der Waals surface area contributed by atoms with Crippen molar-refractivity contribution >= 4 is 7.28 Å². The Morgan fingerprint density at radius 2 is 1.42 bits per heavy atom. The fourth-order valence-electron chi connectivity index (χ4n) is 2.24. The van der Waals surface area contributed by atoms with Crippen molar-refractivity contribution in [1.29, 1.82) is 0 Å². The zero-order valence-electron chi connectivity index (χ0n) is 9.94. The molecular weight excluding hydrogens is 143 g/mol. The van der Waals surface area contributed by atoms with Crippen LogP contribution in [0.2, 0.25) is 12.6 Å². The van der Waals surface area contributed by atoms with Crippen LogP contribution in [0.1, 0.15) is 41.5 Å². The van der Waals surface area contributed by atoms with Crippen LogP contribution in [0.15, 0.2) is 0 Å². The van der Waals surface area contributed by atoms with Crippen LogP contribution in [0.4, 0.5) is 0 Å². The summed E-state index contributed by atoms with van der Waals surface area (Å²) in [6.45, 7) is 16.5. The molecule has 0 aromatic rings. The van der Waals surface area contributed by atoms with Crippen LogP contribution >= 0.6 is 0 Å². The summed E-state index contributed by atoms with van der Waals surface area (Å²) in [7, 11) is 1.31. The van der Waals surface area contributed by atoms with E-state index in [0.29, 0.717) is 5.41 Å². The highest BCUT2D eigenvalue weighted by atomic mass is 14.3. The minimum Gasteiger partial charge on any atom is -0.0891 e. The lowest BCUT2D eigenvalue weighted by Crippen LogP contribution is -2.27. The minimum atomic E-state index is 0.471. The van der Waals surface area contributed by atoms with Gasteiger partial charge in [0, 0.05) is 0 Å². The van der Waals surface area contributed by atoms with E-state index in [2.05, 4.69) is 48.4 Å². The molecule has 72 valence electrons. The van der Waals surface area contributed by atoms with Crippen molar-refractivity contribution in [3.63, 3.8) is 0 Å². The Balaban J connectivity index is 4.35. The zero-order chi connectivity index (χ0) is 9.94. The first-order valence-electron chi connectivity index (χ1n) is 5.30. The Bertz CT molecular complexity index is 121. The molecule has 0 aliphatic carbocycles. The van der Waals surface area contributed by atoms with Gasteiger partial charge < -0.3 is 0 Å². The zero-order valence-corrected chi connectivity index (χ0v) is 9.94. The third kappa shape index (κ3) is 3.20. The molecule has 2 atom stereocenters. The van der Waals surface area contributed by atoms with Crippen LogP contribution in [0, 0.1) is 17.3 Å².